The number of ether oxygens (including phenoxy) is 2. The van der Waals surface area contributed by atoms with E-state index in [-0.39, 0.29) is 5.75 Å². The highest BCUT2D eigenvalue weighted by molar-refractivity contribution is 7.52. The van der Waals surface area contributed by atoms with Gasteiger partial charge in [0.2, 0.25) is 0 Å². The topological polar surface area (TPSA) is 150 Å². The summed E-state index contributed by atoms with van der Waals surface area (Å²) in [5.41, 5.74) is -1.46. The lowest BCUT2D eigenvalue weighted by molar-refractivity contribution is -0.149. The number of aliphatic hydroxyl groups is 1. The van der Waals surface area contributed by atoms with Crippen LogP contribution in [0, 0.1) is 6.92 Å². The molecule has 1 saturated heterocycles. The van der Waals surface area contributed by atoms with Crippen LogP contribution in [0.1, 0.15) is 59.0 Å². The number of nitrogens with one attached hydrogen (secondary N) is 1. The Morgan fingerprint density at radius 1 is 1.27 bits per heavy atom. The molecule has 2 N–H and O–H groups in total. The van der Waals surface area contributed by atoms with Crippen molar-refractivity contribution in [1.82, 2.24) is 24.6 Å². The first-order valence-corrected chi connectivity index (χ1v) is 16.3. The van der Waals surface area contributed by atoms with Gasteiger partial charge in [-0.15, -0.1) is 0 Å². The van der Waals surface area contributed by atoms with Gasteiger partial charge in [-0.2, -0.15) is 5.09 Å². The highest BCUT2D eigenvalue weighted by Crippen LogP contribution is 2.48. The summed E-state index contributed by atoms with van der Waals surface area (Å²) in [6.07, 6.45) is -0.0157. The van der Waals surface area contributed by atoms with Gasteiger partial charge in [0.15, 0.2) is 28.9 Å². The summed E-state index contributed by atoms with van der Waals surface area (Å²) >= 11 is 0. The molecule has 1 aliphatic carbocycles. The fourth-order valence-electron chi connectivity index (χ4n) is 5.23. The van der Waals surface area contributed by atoms with E-state index in [0.29, 0.717) is 28.8 Å². The Morgan fingerprint density at radius 3 is 2.61 bits per heavy atom. The number of anilines is 1. The summed E-state index contributed by atoms with van der Waals surface area (Å²) in [6.45, 7) is 7.26. The van der Waals surface area contributed by atoms with Crippen LogP contribution >= 0.6 is 7.75 Å². The van der Waals surface area contributed by atoms with Gasteiger partial charge >= 0.3 is 13.7 Å². The molecule has 44 heavy (non-hydrogen) atoms. The zero-order chi connectivity index (χ0) is 31.8. The molecule has 15 heteroatoms. The Morgan fingerprint density at radius 2 is 1.98 bits per heavy atom. The SMILES string of the molecule is Cc1nc(N(C)C2CCC2)c2ncn([C@@H]3O[C@H](COP(=O)(N[C@@H](C)C(=O)OC(C)C)Oc4ccccc4)[C@@H](O)[C@@]3(C)F)c2n1. The van der Waals surface area contributed by atoms with Crippen molar-refractivity contribution in [3.8, 4) is 5.75 Å². The van der Waals surface area contributed by atoms with E-state index in [1.807, 2.05) is 7.05 Å². The number of aromatic nitrogens is 4. The number of rotatable bonds is 12. The molecule has 1 unspecified atom stereocenters. The maximum atomic E-state index is 16.3. The van der Waals surface area contributed by atoms with Crippen LogP contribution in [0.25, 0.3) is 11.2 Å². The number of hydrogen-bond acceptors (Lipinski definition) is 11. The molecule has 240 valence electrons. The van der Waals surface area contributed by atoms with E-state index in [0.717, 1.165) is 19.3 Å². The predicted molar refractivity (Wildman–Crippen MR) is 160 cm³/mol. The molecular formula is C29H40FN6O7P. The van der Waals surface area contributed by atoms with E-state index in [2.05, 4.69) is 24.9 Å². The zero-order valence-corrected chi connectivity index (χ0v) is 26.6. The van der Waals surface area contributed by atoms with Gasteiger partial charge in [-0.1, -0.05) is 18.2 Å². The maximum absolute atomic E-state index is 16.3. The van der Waals surface area contributed by atoms with E-state index in [9.17, 15) is 14.5 Å². The van der Waals surface area contributed by atoms with E-state index >= 15 is 4.39 Å². The summed E-state index contributed by atoms with van der Waals surface area (Å²) in [4.78, 5) is 28.2. The summed E-state index contributed by atoms with van der Waals surface area (Å²) in [7, 11) is -2.32. The van der Waals surface area contributed by atoms with Crippen LogP contribution in [0.2, 0.25) is 0 Å². The number of carbonyl (C=O) groups is 1. The molecule has 2 aliphatic rings. The van der Waals surface area contributed by atoms with Crippen molar-refractivity contribution in [2.75, 3.05) is 18.6 Å². The highest BCUT2D eigenvalue weighted by atomic mass is 31.2. The molecule has 1 saturated carbocycles. The summed E-state index contributed by atoms with van der Waals surface area (Å²) < 4.78 is 54.1. The summed E-state index contributed by atoms with van der Waals surface area (Å²) in [5, 5.41) is 13.6. The fraction of sp³-hybridized carbons (Fsp3) is 0.586. The molecule has 0 bridgehead atoms. The van der Waals surface area contributed by atoms with Gasteiger partial charge in [0, 0.05) is 13.1 Å². The lowest BCUT2D eigenvalue weighted by Crippen LogP contribution is -2.41. The van der Waals surface area contributed by atoms with Crippen molar-refractivity contribution >= 4 is 30.7 Å². The number of fused-ring (bicyclic) bond motifs is 1. The van der Waals surface area contributed by atoms with Crippen molar-refractivity contribution in [3.63, 3.8) is 0 Å². The van der Waals surface area contributed by atoms with Crippen LogP contribution < -0.4 is 14.5 Å². The van der Waals surface area contributed by atoms with Crippen molar-refractivity contribution in [2.24, 2.45) is 0 Å². The van der Waals surface area contributed by atoms with Crippen molar-refractivity contribution < 1.29 is 37.4 Å². The predicted octanol–water partition coefficient (Wildman–Crippen LogP) is 4.24. The van der Waals surface area contributed by atoms with Crippen molar-refractivity contribution in [2.45, 2.75) is 96.2 Å². The van der Waals surface area contributed by atoms with Crippen LogP contribution in [-0.2, 0) is 23.4 Å². The first kappa shape index (κ1) is 32.2. The average molecular weight is 635 g/mol. The lowest BCUT2D eigenvalue weighted by Gasteiger charge is -2.35. The number of nitrogens with zero attached hydrogens (tertiary/aromatic N) is 5. The third-order valence-electron chi connectivity index (χ3n) is 7.88. The minimum atomic E-state index is -4.28. The standard InChI is InChI=1S/C29H40FN6O7P/c1-17(2)41-27(38)18(3)34-44(39,43-21-13-8-7-9-14-21)40-15-22-24(37)29(5,30)28(42-22)36-16-31-23-25(32-19(4)33-26(23)36)35(6)20-11-10-12-20/h7-9,13-14,16-18,20,22,24,28,37H,10-12,15H2,1-6H3,(H,34,39)/t18-,22+,24+,28+,29+,44?/m0/s1. The Bertz CT molecular complexity index is 1520. The third-order valence-corrected chi connectivity index (χ3v) is 9.52. The quantitative estimate of drug-likeness (QED) is 0.217. The number of esters is 1. The molecule has 3 heterocycles. The molecule has 0 spiro atoms. The zero-order valence-electron chi connectivity index (χ0n) is 25.7. The lowest BCUT2D eigenvalue weighted by atomic mass is 9.92. The third kappa shape index (κ3) is 6.59. The molecule has 3 aromatic rings. The van der Waals surface area contributed by atoms with Gasteiger partial charge in [0.05, 0.1) is 19.0 Å². The number of alkyl halides is 1. The minimum absolute atomic E-state index is 0.205. The summed E-state index contributed by atoms with van der Waals surface area (Å²) in [6, 6.07) is 7.50. The number of aryl methyl sites for hydroxylation is 1. The van der Waals surface area contributed by atoms with E-state index < -0.39 is 56.6 Å². The highest BCUT2D eigenvalue weighted by Gasteiger charge is 2.56. The second kappa shape index (κ2) is 12.7. The first-order chi connectivity index (χ1) is 20.8. The molecule has 2 fully saturated rings. The number of benzene rings is 1. The monoisotopic (exact) mass is 634 g/mol. The molecule has 0 amide bonds. The van der Waals surface area contributed by atoms with Gasteiger partial charge in [-0.3, -0.25) is 13.9 Å². The number of aliphatic hydroxyl groups excluding tert-OH is 1. The van der Waals surface area contributed by atoms with Gasteiger partial charge in [-0.25, -0.2) is 23.9 Å². The van der Waals surface area contributed by atoms with E-state index in [4.69, 9.17) is 18.5 Å². The van der Waals surface area contributed by atoms with E-state index in [1.54, 1.807) is 51.1 Å². The number of hydrogen-bond donors (Lipinski definition) is 2. The van der Waals surface area contributed by atoms with Crippen molar-refractivity contribution in [3.05, 3.63) is 42.5 Å². The second-order valence-electron chi connectivity index (χ2n) is 11.8. The Kier molecular flexibility index (Phi) is 9.29. The van der Waals surface area contributed by atoms with Gasteiger partial charge in [0.25, 0.3) is 0 Å². The van der Waals surface area contributed by atoms with Gasteiger partial charge in [-0.05, 0) is 66.0 Å². The molecule has 2 aromatic heterocycles. The minimum Gasteiger partial charge on any atom is -0.462 e. The fourth-order valence-corrected chi connectivity index (χ4v) is 6.73. The van der Waals surface area contributed by atoms with Crippen LogP contribution in [0.15, 0.2) is 36.7 Å². The molecule has 0 radical (unpaired) electrons. The number of carbonyl (C=O) groups excluding carboxylic acids is 1. The van der Waals surface area contributed by atoms with Crippen LogP contribution in [0.4, 0.5) is 10.2 Å². The Hall–Kier alpha value is -3.16. The number of halogens is 1. The molecule has 1 aliphatic heterocycles. The Labute approximate surface area is 255 Å². The molecule has 1 aromatic carbocycles. The van der Waals surface area contributed by atoms with Crippen LogP contribution in [0.5, 0.6) is 5.75 Å². The van der Waals surface area contributed by atoms with Crippen molar-refractivity contribution in [1.29, 1.82) is 0 Å². The number of imidazole rings is 1. The molecule has 13 nitrogen and oxygen atoms in total. The molecular weight excluding hydrogens is 594 g/mol. The summed E-state index contributed by atoms with van der Waals surface area (Å²) in [5.74, 6) is 0.664. The second-order valence-corrected chi connectivity index (χ2v) is 13.5. The number of para-hydroxylation sites is 1. The van der Waals surface area contributed by atoms with Crippen LogP contribution in [0.3, 0.4) is 0 Å². The van der Waals surface area contributed by atoms with Gasteiger partial charge in [0.1, 0.15) is 29.8 Å². The molecule has 6 atom stereocenters. The maximum Gasteiger partial charge on any atom is 0.459 e. The Balaban J connectivity index is 1.37. The largest absolute Gasteiger partial charge is 0.462 e. The normalized spacial score (nSPS) is 25.9. The van der Waals surface area contributed by atoms with Gasteiger partial charge < -0.3 is 24.0 Å². The van der Waals surface area contributed by atoms with E-state index in [1.165, 1.54) is 24.7 Å². The smallest absolute Gasteiger partial charge is 0.459 e. The first-order valence-electron chi connectivity index (χ1n) is 14.7. The van der Waals surface area contributed by atoms with Crippen LogP contribution in [-0.4, -0.2) is 80.3 Å². The average Bonchev–Trinajstić information content (AvgIpc) is 3.43. The molecule has 5 rings (SSSR count).